The van der Waals surface area contributed by atoms with Crippen LogP contribution in [0.5, 0.6) is 5.75 Å². The highest BCUT2D eigenvalue weighted by Gasteiger charge is 2.25. The number of nitrogens with zero attached hydrogens (tertiary/aromatic N) is 4. The van der Waals surface area contributed by atoms with Crippen LogP contribution in [-0.4, -0.2) is 26.6 Å². The Labute approximate surface area is 183 Å². The number of halogens is 2. The third kappa shape index (κ3) is 3.81. The lowest BCUT2D eigenvalue weighted by atomic mass is 10.2. The highest BCUT2D eigenvalue weighted by Crippen LogP contribution is 2.36. The first kappa shape index (κ1) is 20.2. The number of anilines is 4. The molecule has 0 radical (unpaired) electrons. The van der Waals surface area contributed by atoms with Crippen molar-refractivity contribution in [2.24, 2.45) is 0 Å². The molecular formula is C23H22F2N6O. The molecule has 9 heteroatoms. The predicted molar refractivity (Wildman–Crippen MR) is 119 cm³/mol. The SMILES string of the molecule is COc1ccc(Nc2ncc3nc(Nc4cccc(F)c4F)n(C4CCCC4)c3n2)cc1. The Morgan fingerprint density at radius 1 is 1.00 bits per heavy atom. The second-order valence-corrected chi connectivity index (χ2v) is 7.73. The van der Waals surface area contributed by atoms with Gasteiger partial charge >= 0.3 is 0 Å². The molecule has 0 amide bonds. The number of hydrogen-bond acceptors (Lipinski definition) is 6. The van der Waals surface area contributed by atoms with Crippen molar-refractivity contribution in [2.75, 3.05) is 17.7 Å². The summed E-state index contributed by atoms with van der Waals surface area (Å²) in [5, 5.41) is 6.16. The van der Waals surface area contributed by atoms with Gasteiger partial charge in [-0.1, -0.05) is 18.9 Å². The molecule has 1 aliphatic rings. The molecule has 2 aromatic carbocycles. The molecule has 32 heavy (non-hydrogen) atoms. The summed E-state index contributed by atoms with van der Waals surface area (Å²) < 4.78 is 35.2. The molecule has 7 nitrogen and oxygen atoms in total. The Morgan fingerprint density at radius 3 is 2.53 bits per heavy atom. The lowest BCUT2D eigenvalue weighted by molar-refractivity contribution is 0.415. The van der Waals surface area contributed by atoms with Crippen molar-refractivity contribution >= 4 is 34.4 Å². The van der Waals surface area contributed by atoms with Crippen LogP contribution in [0.4, 0.5) is 32.1 Å². The molecule has 1 aliphatic carbocycles. The second kappa shape index (κ2) is 8.41. The van der Waals surface area contributed by atoms with Gasteiger partial charge in [0.15, 0.2) is 17.3 Å². The average molecular weight is 436 g/mol. The summed E-state index contributed by atoms with van der Waals surface area (Å²) in [6.45, 7) is 0. The van der Waals surface area contributed by atoms with Crippen LogP contribution in [-0.2, 0) is 0 Å². The number of rotatable bonds is 6. The van der Waals surface area contributed by atoms with Crippen LogP contribution >= 0.6 is 0 Å². The Kier molecular flexibility index (Phi) is 5.30. The van der Waals surface area contributed by atoms with Crippen LogP contribution in [0, 0.1) is 11.6 Å². The van der Waals surface area contributed by atoms with E-state index in [0.717, 1.165) is 43.2 Å². The van der Waals surface area contributed by atoms with Crippen LogP contribution in [0.2, 0.25) is 0 Å². The summed E-state index contributed by atoms with van der Waals surface area (Å²) in [7, 11) is 1.62. The molecule has 2 N–H and O–H groups in total. The number of fused-ring (bicyclic) bond motifs is 1. The quantitative estimate of drug-likeness (QED) is 0.403. The van der Waals surface area contributed by atoms with E-state index < -0.39 is 11.6 Å². The Hall–Kier alpha value is -3.75. The third-order valence-corrected chi connectivity index (χ3v) is 5.67. The van der Waals surface area contributed by atoms with Crippen LogP contribution in [0.25, 0.3) is 11.2 Å². The average Bonchev–Trinajstić information content (AvgIpc) is 3.45. The van der Waals surface area contributed by atoms with Crippen molar-refractivity contribution in [3.8, 4) is 5.75 Å². The van der Waals surface area contributed by atoms with E-state index in [1.807, 2.05) is 28.8 Å². The zero-order valence-electron chi connectivity index (χ0n) is 17.5. The van der Waals surface area contributed by atoms with Crippen molar-refractivity contribution in [1.82, 2.24) is 19.5 Å². The van der Waals surface area contributed by atoms with E-state index in [1.54, 1.807) is 13.3 Å². The van der Waals surface area contributed by atoms with E-state index in [2.05, 4.69) is 20.6 Å². The highest BCUT2D eigenvalue weighted by atomic mass is 19.2. The van der Waals surface area contributed by atoms with Crippen LogP contribution in [0.3, 0.4) is 0 Å². The maximum atomic E-state index is 14.3. The predicted octanol–water partition coefficient (Wildman–Crippen LogP) is 5.72. The standard InChI is InChI=1S/C23H22F2N6O/c1-32-16-11-9-14(10-12-16)27-22-26-13-19-21(30-22)31(15-5-2-3-6-15)23(29-19)28-18-8-4-7-17(24)20(18)25/h4,7-13,15H,2-3,5-6H2,1H3,(H,28,29)(H,26,27,30). The molecule has 1 fully saturated rings. The number of benzene rings is 2. The molecule has 1 saturated carbocycles. The van der Waals surface area contributed by atoms with Gasteiger partial charge in [-0.3, -0.25) is 4.57 Å². The fraction of sp³-hybridized carbons (Fsp3) is 0.261. The van der Waals surface area contributed by atoms with E-state index >= 15 is 0 Å². The van der Waals surface area contributed by atoms with Gasteiger partial charge in [0.1, 0.15) is 11.3 Å². The summed E-state index contributed by atoms with van der Waals surface area (Å²) in [5.74, 6) is -0.251. The monoisotopic (exact) mass is 436 g/mol. The summed E-state index contributed by atoms with van der Waals surface area (Å²) >= 11 is 0. The minimum absolute atomic E-state index is 0.0316. The van der Waals surface area contributed by atoms with Gasteiger partial charge in [-0.15, -0.1) is 0 Å². The topological polar surface area (TPSA) is 76.9 Å². The molecule has 0 saturated heterocycles. The fourth-order valence-electron chi connectivity index (χ4n) is 4.07. The van der Waals surface area contributed by atoms with E-state index in [9.17, 15) is 8.78 Å². The van der Waals surface area contributed by atoms with E-state index in [0.29, 0.717) is 23.1 Å². The lowest BCUT2D eigenvalue weighted by Gasteiger charge is -2.17. The van der Waals surface area contributed by atoms with Crippen molar-refractivity contribution in [1.29, 1.82) is 0 Å². The molecule has 2 heterocycles. The highest BCUT2D eigenvalue weighted by molar-refractivity contribution is 5.77. The molecule has 5 rings (SSSR count). The van der Waals surface area contributed by atoms with Gasteiger partial charge in [0.2, 0.25) is 11.9 Å². The lowest BCUT2D eigenvalue weighted by Crippen LogP contribution is -2.11. The van der Waals surface area contributed by atoms with Gasteiger partial charge in [0.05, 0.1) is 19.0 Å². The number of nitrogens with one attached hydrogen (secondary N) is 2. The molecule has 0 spiro atoms. The van der Waals surface area contributed by atoms with Gasteiger partial charge in [0, 0.05) is 11.7 Å². The van der Waals surface area contributed by atoms with Gasteiger partial charge in [0.25, 0.3) is 0 Å². The van der Waals surface area contributed by atoms with Crippen molar-refractivity contribution < 1.29 is 13.5 Å². The van der Waals surface area contributed by atoms with Crippen LogP contribution in [0.15, 0.2) is 48.7 Å². The normalized spacial score (nSPS) is 14.1. The summed E-state index contributed by atoms with van der Waals surface area (Å²) in [4.78, 5) is 13.7. The minimum atomic E-state index is -0.939. The van der Waals surface area contributed by atoms with Gasteiger partial charge in [-0.25, -0.2) is 18.7 Å². The van der Waals surface area contributed by atoms with Gasteiger partial charge < -0.3 is 15.4 Å². The van der Waals surface area contributed by atoms with E-state index in [4.69, 9.17) is 9.72 Å². The number of aromatic nitrogens is 4. The maximum absolute atomic E-state index is 14.3. The maximum Gasteiger partial charge on any atom is 0.229 e. The molecule has 4 aromatic rings. The summed E-state index contributed by atoms with van der Waals surface area (Å²) in [6.07, 6.45) is 5.76. The van der Waals surface area contributed by atoms with Crippen LogP contribution in [0.1, 0.15) is 31.7 Å². The Balaban J connectivity index is 1.53. The van der Waals surface area contributed by atoms with Crippen molar-refractivity contribution in [3.05, 3.63) is 60.3 Å². The van der Waals surface area contributed by atoms with Gasteiger partial charge in [-0.05, 0) is 49.2 Å². The Bertz CT molecular complexity index is 1250. The summed E-state index contributed by atoms with van der Waals surface area (Å²) in [5.41, 5.74) is 2.07. The second-order valence-electron chi connectivity index (χ2n) is 7.73. The molecule has 2 aromatic heterocycles. The van der Waals surface area contributed by atoms with Crippen LogP contribution < -0.4 is 15.4 Å². The van der Waals surface area contributed by atoms with Crippen molar-refractivity contribution in [2.45, 2.75) is 31.7 Å². The largest absolute Gasteiger partial charge is 0.497 e. The van der Waals surface area contributed by atoms with E-state index in [-0.39, 0.29) is 11.7 Å². The zero-order chi connectivity index (χ0) is 22.1. The third-order valence-electron chi connectivity index (χ3n) is 5.67. The van der Waals surface area contributed by atoms with Gasteiger partial charge in [-0.2, -0.15) is 4.98 Å². The van der Waals surface area contributed by atoms with Crippen molar-refractivity contribution in [3.63, 3.8) is 0 Å². The fourth-order valence-corrected chi connectivity index (χ4v) is 4.07. The first-order valence-electron chi connectivity index (χ1n) is 10.5. The molecule has 0 unspecified atom stereocenters. The number of ether oxygens (including phenoxy) is 1. The zero-order valence-corrected chi connectivity index (χ0v) is 17.5. The number of imidazole rings is 1. The van der Waals surface area contributed by atoms with E-state index in [1.165, 1.54) is 12.1 Å². The first-order valence-corrected chi connectivity index (χ1v) is 10.5. The number of methoxy groups -OCH3 is 1. The first-order chi connectivity index (χ1) is 15.6. The minimum Gasteiger partial charge on any atom is -0.497 e. The Morgan fingerprint density at radius 2 is 1.78 bits per heavy atom. The molecule has 0 atom stereocenters. The summed E-state index contributed by atoms with van der Waals surface area (Å²) in [6, 6.07) is 11.6. The molecule has 0 bridgehead atoms. The smallest absolute Gasteiger partial charge is 0.229 e. The number of hydrogen-bond donors (Lipinski definition) is 2. The molecule has 0 aliphatic heterocycles. The molecule has 164 valence electrons. The molecular weight excluding hydrogens is 414 g/mol.